The van der Waals surface area contributed by atoms with Crippen LogP contribution < -0.4 is 5.73 Å². The highest BCUT2D eigenvalue weighted by Gasteiger charge is 2.16. The molecule has 0 aliphatic carbocycles. The summed E-state index contributed by atoms with van der Waals surface area (Å²) in [5, 5.41) is 0. The molecule has 2 rings (SSSR count). The largest absolute Gasteiger partial charge is 0.328 e. The second-order valence-electron chi connectivity index (χ2n) is 5.16. The van der Waals surface area contributed by atoms with E-state index in [1.54, 1.807) is 0 Å². The van der Waals surface area contributed by atoms with Gasteiger partial charge in [-0.1, -0.05) is 12.1 Å². The summed E-state index contributed by atoms with van der Waals surface area (Å²) in [5.74, 6) is -0.0746. The molecule has 94 valence electrons. The highest BCUT2D eigenvalue weighted by molar-refractivity contribution is 5.30. The summed E-state index contributed by atoms with van der Waals surface area (Å²) in [7, 11) is 0. The Labute approximate surface area is 103 Å². The predicted octanol–water partition coefficient (Wildman–Crippen LogP) is 2.37. The van der Waals surface area contributed by atoms with E-state index in [1.165, 1.54) is 5.56 Å². The molecule has 17 heavy (non-hydrogen) atoms. The lowest BCUT2D eigenvalue weighted by molar-refractivity contribution is 0.205. The second kappa shape index (κ2) is 5.15. The number of halogens is 1. The maximum atomic E-state index is 13.5. The van der Waals surface area contributed by atoms with Crippen molar-refractivity contribution in [2.45, 2.75) is 39.3 Å². The molecule has 1 aliphatic rings. The Morgan fingerprint density at radius 1 is 1.24 bits per heavy atom. The molecule has 1 aromatic carbocycles. The molecule has 0 radical (unpaired) electrons. The lowest BCUT2D eigenvalue weighted by Gasteiger charge is -2.30. The quantitative estimate of drug-likeness (QED) is 0.854. The van der Waals surface area contributed by atoms with Gasteiger partial charge in [0.25, 0.3) is 0 Å². The third kappa shape index (κ3) is 3.05. The molecule has 1 aliphatic heterocycles. The van der Waals surface area contributed by atoms with Crippen molar-refractivity contribution in [3.63, 3.8) is 0 Å². The Balaban J connectivity index is 2.04. The molecular formula is C14H21FN2. The topological polar surface area (TPSA) is 29.3 Å². The molecule has 1 fully saturated rings. The number of rotatable bonds is 2. The first-order valence-corrected chi connectivity index (χ1v) is 6.30. The van der Waals surface area contributed by atoms with Crippen LogP contribution in [-0.2, 0) is 6.54 Å². The number of nitrogens with two attached hydrogens (primary N) is 1. The number of hydrogen-bond donors (Lipinski definition) is 1. The molecule has 0 bridgehead atoms. The SMILES string of the molecule is Cc1cc(CN2CCC(N)CC2)cc(C)c1F. The number of aryl methyl sites for hydroxylation is 2. The van der Waals surface area contributed by atoms with Gasteiger partial charge in [0.2, 0.25) is 0 Å². The average Bonchev–Trinajstić information content (AvgIpc) is 2.29. The van der Waals surface area contributed by atoms with E-state index < -0.39 is 0 Å². The van der Waals surface area contributed by atoms with Gasteiger partial charge in [-0.3, -0.25) is 4.90 Å². The lowest BCUT2D eigenvalue weighted by Crippen LogP contribution is -2.39. The summed E-state index contributed by atoms with van der Waals surface area (Å²) in [6.07, 6.45) is 2.14. The highest BCUT2D eigenvalue weighted by Crippen LogP contribution is 2.18. The third-order valence-electron chi connectivity index (χ3n) is 3.53. The van der Waals surface area contributed by atoms with Crippen LogP contribution in [-0.4, -0.2) is 24.0 Å². The molecule has 0 saturated carbocycles. The summed E-state index contributed by atoms with van der Waals surface area (Å²) in [6.45, 7) is 6.68. The summed E-state index contributed by atoms with van der Waals surface area (Å²) in [6, 6.07) is 4.27. The zero-order chi connectivity index (χ0) is 12.4. The Hall–Kier alpha value is -0.930. The number of hydrogen-bond acceptors (Lipinski definition) is 2. The Kier molecular flexibility index (Phi) is 3.79. The molecule has 0 unspecified atom stereocenters. The van der Waals surface area contributed by atoms with Crippen LogP contribution in [0.25, 0.3) is 0 Å². The van der Waals surface area contributed by atoms with E-state index in [9.17, 15) is 4.39 Å². The number of nitrogens with zero attached hydrogens (tertiary/aromatic N) is 1. The monoisotopic (exact) mass is 236 g/mol. The zero-order valence-electron chi connectivity index (χ0n) is 10.7. The van der Waals surface area contributed by atoms with Gasteiger partial charge in [-0.2, -0.15) is 0 Å². The first kappa shape index (κ1) is 12.5. The van der Waals surface area contributed by atoms with E-state index in [4.69, 9.17) is 5.73 Å². The molecule has 2 nitrogen and oxygen atoms in total. The van der Waals surface area contributed by atoms with Gasteiger partial charge in [-0.05, 0) is 56.5 Å². The molecule has 2 N–H and O–H groups in total. The lowest BCUT2D eigenvalue weighted by atomic mass is 10.0. The number of piperidine rings is 1. The van der Waals surface area contributed by atoms with Crippen LogP contribution in [0.3, 0.4) is 0 Å². The van der Waals surface area contributed by atoms with Crippen molar-refractivity contribution in [2.24, 2.45) is 5.73 Å². The average molecular weight is 236 g/mol. The molecule has 1 aromatic rings. The maximum Gasteiger partial charge on any atom is 0.129 e. The molecular weight excluding hydrogens is 215 g/mol. The van der Waals surface area contributed by atoms with Gasteiger partial charge in [-0.15, -0.1) is 0 Å². The van der Waals surface area contributed by atoms with Gasteiger partial charge in [0.15, 0.2) is 0 Å². The zero-order valence-corrected chi connectivity index (χ0v) is 10.7. The molecule has 0 aromatic heterocycles. The molecule has 1 heterocycles. The fourth-order valence-corrected chi connectivity index (χ4v) is 2.50. The standard InChI is InChI=1S/C14H21FN2/c1-10-7-12(8-11(2)14(10)15)9-17-5-3-13(16)4-6-17/h7-8,13H,3-6,9,16H2,1-2H3. The fourth-order valence-electron chi connectivity index (χ4n) is 2.50. The fraction of sp³-hybridized carbons (Fsp3) is 0.571. The van der Waals surface area contributed by atoms with Crippen molar-refractivity contribution < 1.29 is 4.39 Å². The van der Waals surface area contributed by atoms with Crippen LogP contribution in [0.5, 0.6) is 0 Å². The predicted molar refractivity (Wildman–Crippen MR) is 68.4 cm³/mol. The van der Waals surface area contributed by atoms with Gasteiger partial charge in [0.05, 0.1) is 0 Å². The summed E-state index contributed by atoms with van der Waals surface area (Å²) < 4.78 is 13.5. The van der Waals surface area contributed by atoms with Crippen LogP contribution in [0.15, 0.2) is 12.1 Å². The minimum atomic E-state index is -0.0746. The minimum absolute atomic E-state index is 0.0746. The maximum absolute atomic E-state index is 13.5. The van der Waals surface area contributed by atoms with E-state index >= 15 is 0 Å². The molecule has 0 atom stereocenters. The van der Waals surface area contributed by atoms with E-state index in [1.807, 2.05) is 26.0 Å². The first-order valence-electron chi connectivity index (χ1n) is 6.30. The molecule has 3 heteroatoms. The number of benzene rings is 1. The molecule has 0 spiro atoms. The van der Waals surface area contributed by atoms with Crippen molar-refractivity contribution in [1.29, 1.82) is 0 Å². The Bertz CT molecular complexity index is 372. The van der Waals surface area contributed by atoms with Crippen molar-refractivity contribution in [2.75, 3.05) is 13.1 Å². The summed E-state index contributed by atoms with van der Waals surface area (Å²) in [4.78, 5) is 2.40. The van der Waals surface area contributed by atoms with E-state index in [0.29, 0.717) is 6.04 Å². The van der Waals surface area contributed by atoms with Crippen LogP contribution in [0.4, 0.5) is 4.39 Å². The smallest absolute Gasteiger partial charge is 0.129 e. The van der Waals surface area contributed by atoms with Crippen molar-refractivity contribution in [1.82, 2.24) is 4.90 Å². The van der Waals surface area contributed by atoms with Gasteiger partial charge >= 0.3 is 0 Å². The van der Waals surface area contributed by atoms with Crippen molar-refractivity contribution >= 4 is 0 Å². The van der Waals surface area contributed by atoms with E-state index in [0.717, 1.165) is 43.6 Å². The molecule has 0 amide bonds. The number of likely N-dealkylation sites (tertiary alicyclic amines) is 1. The van der Waals surface area contributed by atoms with Gasteiger partial charge < -0.3 is 5.73 Å². The van der Waals surface area contributed by atoms with Crippen LogP contribution in [0.1, 0.15) is 29.5 Å². The van der Waals surface area contributed by atoms with E-state index in [-0.39, 0.29) is 5.82 Å². The van der Waals surface area contributed by atoms with Gasteiger partial charge in [0.1, 0.15) is 5.82 Å². The first-order chi connectivity index (χ1) is 8.06. The van der Waals surface area contributed by atoms with Crippen molar-refractivity contribution in [3.05, 3.63) is 34.6 Å². The summed E-state index contributed by atoms with van der Waals surface area (Å²) in [5.41, 5.74) is 8.58. The third-order valence-corrected chi connectivity index (χ3v) is 3.53. The van der Waals surface area contributed by atoms with Crippen LogP contribution >= 0.6 is 0 Å². The Morgan fingerprint density at radius 2 is 1.76 bits per heavy atom. The van der Waals surface area contributed by atoms with Gasteiger partial charge in [-0.25, -0.2) is 4.39 Å². The Morgan fingerprint density at radius 3 is 2.29 bits per heavy atom. The van der Waals surface area contributed by atoms with E-state index in [2.05, 4.69) is 4.90 Å². The van der Waals surface area contributed by atoms with Gasteiger partial charge in [0, 0.05) is 12.6 Å². The highest BCUT2D eigenvalue weighted by atomic mass is 19.1. The van der Waals surface area contributed by atoms with Crippen molar-refractivity contribution in [3.8, 4) is 0 Å². The molecule has 1 saturated heterocycles. The second-order valence-corrected chi connectivity index (χ2v) is 5.16. The van der Waals surface area contributed by atoms with Crippen LogP contribution in [0.2, 0.25) is 0 Å². The van der Waals surface area contributed by atoms with Crippen LogP contribution in [0, 0.1) is 19.7 Å². The minimum Gasteiger partial charge on any atom is -0.328 e. The normalized spacial score (nSPS) is 18.6. The summed E-state index contributed by atoms with van der Waals surface area (Å²) >= 11 is 0.